The maximum absolute atomic E-state index is 13.3. The van der Waals surface area contributed by atoms with Crippen molar-refractivity contribution in [1.82, 2.24) is 14.3 Å². The molecule has 0 bridgehead atoms. The summed E-state index contributed by atoms with van der Waals surface area (Å²) in [7, 11) is 0.153. The largest absolute Gasteiger partial charge is 0.347 e. The number of hydrogen-bond acceptors (Lipinski definition) is 6. The van der Waals surface area contributed by atoms with Crippen LogP contribution in [0, 0.1) is 11.3 Å². The van der Waals surface area contributed by atoms with Crippen LogP contribution < -0.4 is 4.90 Å². The second-order valence-electron chi connectivity index (χ2n) is 7.80. The molecule has 1 spiro atoms. The Kier molecular flexibility index (Phi) is 4.60. The first kappa shape index (κ1) is 18.8. The molecule has 2 aromatic rings. The number of nitriles is 1. The van der Waals surface area contributed by atoms with Crippen molar-refractivity contribution in [2.45, 2.75) is 36.0 Å². The van der Waals surface area contributed by atoms with Gasteiger partial charge in [0.1, 0.15) is 0 Å². The van der Waals surface area contributed by atoms with Crippen LogP contribution in [0.3, 0.4) is 0 Å². The molecule has 0 N–H and O–H groups in total. The number of fused-ring (bicyclic) bond motifs is 2. The van der Waals surface area contributed by atoms with Crippen molar-refractivity contribution >= 4 is 16.0 Å². The summed E-state index contributed by atoms with van der Waals surface area (Å²) in [5.74, 6) is 0.654. The summed E-state index contributed by atoms with van der Waals surface area (Å²) in [4.78, 5) is 11.3. The summed E-state index contributed by atoms with van der Waals surface area (Å²) in [5.41, 5.74) is 2.21. The molecule has 1 aromatic carbocycles. The number of nitrogens with zero attached hydrogens (tertiary/aromatic N) is 5. The monoisotopic (exact) mass is 397 g/mol. The highest BCUT2D eigenvalue weighted by Gasteiger charge is 2.46. The molecule has 1 aromatic heterocycles. The predicted molar refractivity (Wildman–Crippen MR) is 106 cm³/mol. The number of piperidine rings is 1. The Morgan fingerprint density at radius 2 is 2.11 bits per heavy atom. The van der Waals surface area contributed by atoms with Crippen molar-refractivity contribution in [3.05, 3.63) is 47.3 Å². The molecule has 2 heterocycles. The Labute approximate surface area is 165 Å². The van der Waals surface area contributed by atoms with E-state index in [-0.39, 0.29) is 10.3 Å². The normalized spacial score (nSPS) is 22.0. The molecule has 0 amide bonds. The van der Waals surface area contributed by atoms with Gasteiger partial charge >= 0.3 is 0 Å². The van der Waals surface area contributed by atoms with Crippen LogP contribution in [0.25, 0.3) is 0 Å². The fourth-order valence-corrected chi connectivity index (χ4v) is 5.93. The first-order valence-corrected chi connectivity index (χ1v) is 10.8. The lowest BCUT2D eigenvalue weighted by atomic mass is 9.78. The van der Waals surface area contributed by atoms with Crippen LogP contribution in [0.5, 0.6) is 0 Å². The predicted octanol–water partition coefficient (Wildman–Crippen LogP) is 2.08. The molecule has 0 saturated carbocycles. The third-order valence-electron chi connectivity index (χ3n) is 5.77. The fraction of sp³-hybridized carbons (Fsp3) is 0.450. The highest BCUT2D eigenvalue weighted by molar-refractivity contribution is 7.89. The standard InChI is InChI=1S/C20H23N5O2S/c1-24(2)19-22-13-16-7-9-20(18(16)23-19)8-4-10-25(14-20)28(26,27)17-6-3-5-15(11-17)12-21/h3,5-6,11,13H,4,7-10,14H2,1-2H3. The van der Waals surface area contributed by atoms with Crippen molar-refractivity contribution in [2.24, 2.45) is 0 Å². The number of aromatic nitrogens is 2. The molecular weight excluding hydrogens is 374 g/mol. The molecule has 4 rings (SSSR count). The Morgan fingerprint density at radius 3 is 2.86 bits per heavy atom. The molecule has 2 aliphatic rings. The van der Waals surface area contributed by atoms with Crippen molar-refractivity contribution in [3.63, 3.8) is 0 Å². The van der Waals surface area contributed by atoms with E-state index in [1.807, 2.05) is 31.3 Å². The summed E-state index contributed by atoms with van der Waals surface area (Å²) in [5, 5.41) is 9.11. The van der Waals surface area contributed by atoms with Gasteiger partial charge in [-0.25, -0.2) is 18.4 Å². The summed E-state index contributed by atoms with van der Waals surface area (Å²) in [6, 6.07) is 8.26. The average Bonchev–Trinajstić information content (AvgIpc) is 3.05. The highest BCUT2D eigenvalue weighted by atomic mass is 32.2. The maximum Gasteiger partial charge on any atom is 0.243 e. The molecule has 1 aliphatic carbocycles. The lowest BCUT2D eigenvalue weighted by molar-refractivity contribution is 0.219. The van der Waals surface area contributed by atoms with E-state index in [1.165, 1.54) is 6.07 Å². The molecule has 146 valence electrons. The summed E-state index contributed by atoms with van der Waals surface area (Å²) < 4.78 is 28.1. The zero-order chi connectivity index (χ0) is 19.9. The Hall–Kier alpha value is -2.50. The second-order valence-corrected chi connectivity index (χ2v) is 9.74. The number of anilines is 1. The number of benzene rings is 1. The van der Waals surface area contributed by atoms with Gasteiger partial charge in [0.15, 0.2) is 0 Å². The second kappa shape index (κ2) is 6.83. The SMILES string of the molecule is CN(C)c1ncc2c(n1)C1(CCCN(S(=O)(=O)c3cccc(C#N)c3)C1)CC2. The van der Waals surface area contributed by atoms with E-state index in [0.717, 1.165) is 36.9 Å². The van der Waals surface area contributed by atoms with E-state index >= 15 is 0 Å². The van der Waals surface area contributed by atoms with Crippen LogP contribution in [-0.2, 0) is 21.9 Å². The van der Waals surface area contributed by atoms with Gasteiger partial charge in [0.25, 0.3) is 0 Å². The molecule has 0 radical (unpaired) electrons. The van der Waals surface area contributed by atoms with Crippen molar-refractivity contribution in [3.8, 4) is 6.07 Å². The minimum absolute atomic E-state index is 0.179. The lowest BCUT2D eigenvalue weighted by Gasteiger charge is -2.39. The lowest BCUT2D eigenvalue weighted by Crippen LogP contribution is -2.47. The van der Waals surface area contributed by atoms with Gasteiger partial charge in [-0.15, -0.1) is 0 Å². The summed E-state index contributed by atoms with van der Waals surface area (Å²) in [6.07, 6.45) is 5.36. The van der Waals surface area contributed by atoms with Crippen LogP contribution >= 0.6 is 0 Å². The summed E-state index contributed by atoms with van der Waals surface area (Å²) in [6.45, 7) is 0.908. The van der Waals surface area contributed by atoms with Gasteiger partial charge in [-0.3, -0.25) is 0 Å². The van der Waals surface area contributed by atoms with Crippen LogP contribution in [0.2, 0.25) is 0 Å². The molecule has 7 nitrogen and oxygen atoms in total. The van der Waals surface area contributed by atoms with Crippen LogP contribution in [0.1, 0.15) is 36.1 Å². The van der Waals surface area contributed by atoms with E-state index < -0.39 is 10.0 Å². The van der Waals surface area contributed by atoms with E-state index in [2.05, 4.69) is 4.98 Å². The molecule has 8 heteroatoms. The summed E-state index contributed by atoms with van der Waals surface area (Å²) >= 11 is 0. The van der Waals surface area contributed by atoms with Gasteiger partial charge in [0.05, 0.1) is 22.2 Å². The highest BCUT2D eigenvalue weighted by Crippen LogP contribution is 2.45. The third-order valence-corrected chi connectivity index (χ3v) is 7.61. The van der Waals surface area contributed by atoms with Gasteiger partial charge in [0, 0.05) is 38.8 Å². The quantitative estimate of drug-likeness (QED) is 0.788. The third kappa shape index (κ3) is 3.05. The smallest absolute Gasteiger partial charge is 0.243 e. The van der Waals surface area contributed by atoms with Gasteiger partial charge < -0.3 is 4.90 Å². The van der Waals surface area contributed by atoms with Crippen LogP contribution in [-0.4, -0.2) is 49.9 Å². The van der Waals surface area contributed by atoms with E-state index in [1.54, 1.807) is 22.5 Å². The number of sulfonamides is 1. The van der Waals surface area contributed by atoms with Gasteiger partial charge in [-0.2, -0.15) is 9.57 Å². The zero-order valence-electron chi connectivity index (χ0n) is 16.1. The van der Waals surface area contributed by atoms with Gasteiger partial charge in [-0.05, 0) is 49.4 Å². The molecular formula is C20H23N5O2S. The van der Waals surface area contributed by atoms with E-state index in [0.29, 0.717) is 24.6 Å². The first-order chi connectivity index (χ1) is 13.4. The number of aryl methyl sites for hydroxylation is 1. The van der Waals surface area contributed by atoms with Gasteiger partial charge in [-0.1, -0.05) is 6.07 Å². The van der Waals surface area contributed by atoms with Crippen molar-refractivity contribution < 1.29 is 8.42 Å². The number of rotatable bonds is 3. The van der Waals surface area contributed by atoms with Crippen LogP contribution in [0.15, 0.2) is 35.4 Å². The molecule has 1 aliphatic heterocycles. The minimum atomic E-state index is -3.66. The minimum Gasteiger partial charge on any atom is -0.347 e. The van der Waals surface area contributed by atoms with Crippen molar-refractivity contribution in [1.29, 1.82) is 5.26 Å². The van der Waals surface area contributed by atoms with Crippen LogP contribution in [0.4, 0.5) is 5.95 Å². The Balaban J connectivity index is 1.70. The molecule has 1 saturated heterocycles. The fourth-order valence-electron chi connectivity index (χ4n) is 4.31. The van der Waals surface area contributed by atoms with E-state index in [9.17, 15) is 8.42 Å². The van der Waals surface area contributed by atoms with Crippen molar-refractivity contribution in [2.75, 3.05) is 32.1 Å². The Bertz CT molecular complexity index is 1060. The van der Waals surface area contributed by atoms with Gasteiger partial charge in [0.2, 0.25) is 16.0 Å². The van der Waals surface area contributed by atoms with E-state index in [4.69, 9.17) is 10.2 Å². The molecule has 1 atom stereocenters. The molecule has 1 unspecified atom stereocenters. The number of hydrogen-bond donors (Lipinski definition) is 0. The molecule has 28 heavy (non-hydrogen) atoms. The topological polar surface area (TPSA) is 90.2 Å². The average molecular weight is 398 g/mol. The Morgan fingerprint density at radius 1 is 1.29 bits per heavy atom. The molecule has 1 fully saturated rings. The first-order valence-electron chi connectivity index (χ1n) is 9.40. The maximum atomic E-state index is 13.3. The zero-order valence-corrected chi connectivity index (χ0v) is 16.9.